The molecular formula is C18H17ClN2O2. The third kappa shape index (κ3) is 4.69. The first-order valence-electron chi connectivity index (χ1n) is 7.12. The van der Waals surface area contributed by atoms with Crippen molar-refractivity contribution in [2.24, 2.45) is 0 Å². The van der Waals surface area contributed by atoms with Crippen LogP contribution in [0.2, 0.25) is 5.02 Å². The van der Waals surface area contributed by atoms with E-state index in [0.717, 1.165) is 5.56 Å². The molecule has 0 aliphatic rings. The zero-order valence-electron chi connectivity index (χ0n) is 12.5. The maximum absolute atomic E-state index is 12.1. The summed E-state index contributed by atoms with van der Waals surface area (Å²) in [5.41, 5.74) is 1.83. The van der Waals surface area contributed by atoms with E-state index in [4.69, 9.17) is 11.6 Å². The summed E-state index contributed by atoms with van der Waals surface area (Å²) in [4.78, 5) is 23.9. The van der Waals surface area contributed by atoms with Crippen molar-refractivity contribution in [3.8, 4) is 0 Å². The lowest BCUT2D eigenvalue weighted by atomic mass is 10.1. The standard InChI is InChI=1S/C18H17ClN2O2/c1-2-11-20-17(22)13-7-9-14(10-8-13)18(23)21-12-15-5-3-4-6-16(15)19/h2-10H,1,11-12H2,(H,20,22)(H,21,23). The van der Waals surface area contributed by atoms with Crippen molar-refractivity contribution in [1.29, 1.82) is 0 Å². The van der Waals surface area contributed by atoms with Crippen LogP contribution in [0.3, 0.4) is 0 Å². The molecular weight excluding hydrogens is 312 g/mol. The van der Waals surface area contributed by atoms with E-state index < -0.39 is 0 Å². The van der Waals surface area contributed by atoms with E-state index in [9.17, 15) is 9.59 Å². The summed E-state index contributed by atoms with van der Waals surface area (Å²) in [5, 5.41) is 6.09. The smallest absolute Gasteiger partial charge is 0.251 e. The molecule has 0 saturated carbocycles. The minimum atomic E-state index is -0.219. The second kappa shape index (κ2) is 8.15. The highest BCUT2D eigenvalue weighted by atomic mass is 35.5. The summed E-state index contributed by atoms with van der Waals surface area (Å²) >= 11 is 6.05. The van der Waals surface area contributed by atoms with Crippen LogP contribution in [0.5, 0.6) is 0 Å². The van der Waals surface area contributed by atoms with Gasteiger partial charge in [-0.3, -0.25) is 9.59 Å². The Bertz CT molecular complexity index is 711. The number of halogens is 1. The first kappa shape index (κ1) is 16.8. The molecule has 0 bridgehead atoms. The van der Waals surface area contributed by atoms with E-state index in [-0.39, 0.29) is 11.8 Å². The number of rotatable bonds is 6. The van der Waals surface area contributed by atoms with Crippen molar-refractivity contribution in [3.05, 3.63) is 82.9 Å². The topological polar surface area (TPSA) is 58.2 Å². The fraction of sp³-hybridized carbons (Fsp3) is 0.111. The number of amides is 2. The van der Waals surface area contributed by atoms with Gasteiger partial charge in [-0.25, -0.2) is 0 Å². The maximum Gasteiger partial charge on any atom is 0.251 e. The van der Waals surface area contributed by atoms with Gasteiger partial charge in [0, 0.05) is 29.2 Å². The van der Waals surface area contributed by atoms with Crippen LogP contribution >= 0.6 is 11.6 Å². The Morgan fingerprint density at radius 2 is 1.52 bits per heavy atom. The van der Waals surface area contributed by atoms with Gasteiger partial charge in [0.2, 0.25) is 0 Å². The number of carbonyl (C=O) groups excluding carboxylic acids is 2. The fourth-order valence-electron chi connectivity index (χ4n) is 1.96. The van der Waals surface area contributed by atoms with Crippen molar-refractivity contribution < 1.29 is 9.59 Å². The molecule has 0 heterocycles. The molecule has 23 heavy (non-hydrogen) atoms. The van der Waals surface area contributed by atoms with Crippen LogP contribution in [0.1, 0.15) is 26.3 Å². The average Bonchev–Trinajstić information content (AvgIpc) is 2.59. The molecule has 2 rings (SSSR count). The molecule has 118 valence electrons. The molecule has 0 saturated heterocycles. The first-order chi connectivity index (χ1) is 11.1. The van der Waals surface area contributed by atoms with Crippen LogP contribution < -0.4 is 10.6 Å². The Labute approximate surface area is 140 Å². The first-order valence-corrected chi connectivity index (χ1v) is 7.50. The number of nitrogens with one attached hydrogen (secondary N) is 2. The monoisotopic (exact) mass is 328 g/mol. The molecule has 2 N–H and O–H groups in total. The Kier molecular flexibility index (Phi) is 5.94. The van der Waals surface area contributed by atoms with E-state index in [1.54, 1.807) is 36.4 Å². The van der Waals surface area contributed by atoms with Crippen molar-refractivity contribution in [2.75, 3.05) is 6.54 Å². The van der Waals surface area contributed by atoms with Gasteiger partial charge >= 0.3 is 0 Å². The molecule has 4 nitrogen and oxygen atoms in total. The molecule has 0 aliphatic carbocycles. The highest BCUT2D eigenvalue weighted by Gasteiger charge is 2.09. The van der Waals surface area contributed by atoms with Gasteiger partial charge in [0.25, 0.3) is 11.8 Å². The molecule has 0 spiro atoms. The molecule has 2 amide bonds. The van der Waals surface area contributed by atoms with Gasteiger partial charge in [-0.1, -0.05) is 35.9 Å². The molecule has 0 unspecified atom stereocenters. The molecule has 0 atom stereocenters. The lowest BCUT2D eigenvalue weighted by Crippen LogP contribution is -2.24. The van der Waals surface area contributed by atoms with Crippen LogP contribution in [0.4, 0.5) is 0 Å². The summed E-state index contributed by atoms with van der Waals surface area (Å²) in [5.74, 6) is -0.420. The van der Waals surface area contributed by atoms with E-state index in [2.05, 4.69) is 17.2 Å². The molecule has 0 aliphatic heterocycles. The van der Waals surface area contributed by atoms with Crippen molar-refractivity contribution in [3.63, 3.8) is 0 Å². The highest BCUT2D eigenvalue weighted by Crippen LogP contribution is 2.14. The predicted octanol–water partition coefficient (Wildman–Crippen LogP) is 3.19. The van der Waals surface area contributed by atoms with E-state index >= 15 is 0 Å². The quantitative estimate of drug-likeness (QED) is 0.800. The number of hydrogen-bond donors (Lipinski definition) is 2. The Morgan fingerprint density at radius 3 is 2.09 bits per heavy atom. The van der Waals surface area contributed by atoms with Gasteiger partial charge in [-0.2, -0.15) is 0 Å². The minimum Gasteiger partial charge on any atom is -0.349 e. The van der Waals surface area contributed by atoms with Crippen LogP contribution in [0.15, 0.2) is 61.2 Å². The lowest BCUT2D eigenvalue weighted by molar-refractivity contribution is 0.0942. The number of hydrogen-bond acceptors (Lipinski definition) is 2. The summed E-state index contributed by atoms with van der Waals surface area (Å²) in [7, 11) is 0. The van der Waals surface area contributed by atoms with Gasteiger partial charge < -0.3 is 10.6 Å². The second-order valence-electron chi connectivity index (χ2n) is 4.85. The highest BCUT2D eigenvalue weighted by molar-refractivity contribution is 6.31. The third-order valence-electron chi connectivity index (χ3n) is 3.21. The number of carbonyl (C=O) groups is 2. The van der Waals surface area contributed by atoms with Crippen LogP contribution in [-0.2, 0) is 6.54 Å². The maximum atomic E-state index is 12.1. The largest absolute Gasteiger partial charge is 0.349 e. The third-order valence-corrected chi connectivity index (χ3v) is 3.58. The van der Waals surface area contributed by atoms with Crippen LogP contribution in [0.25, 0.3) is 0 Å². The van der Waals surface area contributed by atoms with Gasteiger partial charge in [-0.05, 0) is 35.9 Å². The van der Waals surface area contributed by atoms with Gasteiger partial charge in [0.05, 0.1) is 0 Å². The van der Waals surface area contributed by atoms with Crippen LogP contribution in [-0.4, -0.2) is 18.4 Å². The van der Waals surface area contributed by atoms with Crippen molar-refractivity contribution >= 4 is 23.4 Å². The van der Waals surface area contributed by atoms with Gasteiger partial charge in [0.1, 0.15) is 0 Å². The summed E-state index contributed by atoms with van der Waals surface area (Å²) in [6, 6.07) is 13.8. The molecule has 5 heteroatoms. The summed E-state index contributed by atoms with van der Waals surface area (Å²) in [6.45, 7) is 4.29. The van der Waals surface area contributed by atoms with E-state index in [1.165, 1.54) is 0 Å². The average molecular weight is 329 g/mol. The molecule has 0 radical (unpaired) electrons. The zero-order chi connectivity index (χ0) is 16.7. The van der Waals surface area contributed by atoms with Gasteiger partial charge in [-0.15, -0.1) is 6.58 Å². The summed E-state index contributed by atoms with van der Waals surface area (Å²) in [6.07, 6.45) is 1.61. The fourth-order valence-corrected chi connectivity index (χ4v) is 2.16. The molecule has 2 aromatic carbocycles. The lowest BCUT2D eigenvalue weighted by Gasteiger charge is -2.08. The Hall–Kier alpha value is -2.59. The van der Waals surface area contributed by atoms with Crippen molar-refractivity contribution in [2.45, 2.75) is 6.54 Å². The molecule has 0 fully saturated rings. The molecule has 0 aromatic heterocycles. The van der Waals surface area contributed by atoms with Crippen molar-refractivity contribution in [1.82, 2.24) is 10.6 Å². The molecule has 2 aromatic rings. The van der Waals surface area contributed by atoms with Crippen LogP contribution in [0, 0.1) is 0 Å². The number of benzene rings is 2. The van der Waals surface area contributed by atoms with E-state index in [0.29, 0.717) is 29.2 Å². The zero-order valence-corrected chi connectivity index (χ0v) is 13.3. The SMILES string of the molecule is C=CCNC(=O)c1ccc(C(=O)NCc2ccccc2Cl)cc1. The predicted molar refractivity (Wildman–Crippen MR) is 91.6 cm³/mol. The normalized spacial score (nSPS) is 9.96. The Balaban J connectivity index is 1.96. The van der Waals surface area contributed by atoms with Gasteiger partial charge in [0.15, 0.2) is 0 Å². The minimum absolute atomic E-state index is 0.201. The summed E-state index contributed by atoms with van der Waals surface area (Å²) < 4.78 is 0. The Morgan fingerprint density at radius 1 is 0.957 bits per heavy atom. The van der Waals surface area contributed by atoms with E-state index in [1.807, 2.05) is 18.2 Å². The second-order valence-corrected chi connectivity index (χ2v) is 5.26.